The Morgan fingerprint density at radius 3 is 2.38 bits per heavy atom. The van der Waals surface area contributed by atoms with E-state index in [1.807, 2.05) is 6.07 Å². The molecule has 1 aromatic heterocycles. The Balaban J connectivity index is 1.41. The van der Waals surface area contributed by atoms with E-state index in [-0.39, 0.29) is 5.56 Å². The summed E-state index contributed by atoms with van der Waals surface area (Å²) in [5, 5.41) is 14.0. The van der Waals surface area contributed by atoms with Crippen LogP contribution in [0.4, 0.5) is 31.7 Å². The molecule has 1 fully saturated rings. The highest BCUT2D eigenvalue weighted by Gasteiger charge is 2.13. The maximum absolute atomic E-state index is 13.3. The molecular formula is C21H19F2N5O. The van der Waals surface area contributed by atoms with Crippen LogP contribution in [0.25, 0.3) is 0 Å². The molecule has 0 atom stereocenters. The molecule has 0 unspecified atom stereocenters. The van der Waals surface area contributed by atoms with Crippen molar-refractivity contribution in [3.05, 3.63) is 71.9 Å². The predicted octanol–water partition coefficient (Wildman–Crippen LogP) is 4.35. The summed E-state index contributed by atoms with van der Waals surface area (Å²) < 4.78 is 26.3. The molecule has 2 N–H and O–H groups in total. The Bertz CT molecular complexity index is 1020. The molecule has 2 heterocycles. The molecule has 148 valence electrons. The quantitative estimate of drug-likeness (QED) is 0.672. The molecule has 0 aliphatic carbocycles. The first-order valence-electron chi connectivity index (χ1n) is 9.30. The number of rotatable bonds is 5. The molecule has 4 rings (SSSR count). The van der Waals surface area contributed by atoms with Crippen molar-refractivity contribution < 1.29 is 13.6 Å². The van der Waals surface area contributed by atoms with E-state index in [1.54, 1.807) is 30.5 Å². The van der Waals surface area contributed by atoms with Crippen molar-refractivity contribution in [1.29, 1.82) is 0 Å². The van der Waals surface area contributed by atoms with Crippen molar-refractivity contribution in [2.75, 3.05) is 28.6 Å². The lowest BCUT2D eigenvalue weighted by Crippen LogP contribution is -2.18. The number of hydrogen-bond acceptors (Lipinski definition) is 5. The SMILES string of the molecule is O=C(Nc1ccc(Nc2cc(N3CCCC3)cnn2)cc1)c1ccc(F)c(F)c1. The van der Waals surface area contributed by atoms with E-state index in [4.69, 9.17) is 0 Å². The summed E-state index contributed by atoms with van der Waals surface area (Å²) in [4.78, 5) is 14.5. The first-order valence-corrected chi connectivity index (χ1v) is 9.30. The van der Waals surface area contributed by atoms with Gasteiger partial charge in [-0.3, -0.25) is 4.79 Å². The molecule has 1 aliphatic rings. The highest BCUT2D eigenvalue weighted by atomic mass is 19.2. The summed E-state index contributed by atoms with van der Waals surface area (Å²) in [6, 6.07) is 12.0. The molecule has 0 spiro atoms. The molecule has 1 saturated heterocycles. The van der Waals surface area contributed by atoms with Gasteiger partial charge in [-0.1, -0.05) is 0 Å². The van der Waals surface area contributed by atoms with Crippen molar-refractivity contribution in [2.45, 2.75) is 12.8 Å². The largest absolute Gasteiger partial charge is 0.370 e. The number of hydrogen-bond donors (Lipinski definition) is 2. The van der Waals surface area contributed by atoms with Gasteiger partial charge >= 0.3 is 0 Å². The Labute approximate surface area is 166 Å². The van der Waals surface area contributed by atoms with E-state index in [9.17, 15) is 13.6 Å². The van der Waals surface area contributed by atoms with Crippen LogP contribution in [0.2, 0.25) is 0 Å². The zero-order valence-corrected chi connectivity index (χ0v) is 15.5. The summed E-state index contributed by atoms with van der Waals surface area (Å²) in [6.45, 7) is 2.05. The minimum Gasteiger partial charge on any atom is -0.370 e. The van der Waals surface area contributed by atoms with Crippen molar-refractivity contribution >= 4 is 28.8 Å². The van der Waals surface area contributed by atoms with Crippen molar-refractivity contribution in [3.8, 4) is 0 Å². The minimum absolute atomic E-state index is 0.0418. The summed E-state index contributed by atoms with van der Waals surface area (Å²) in [7, 11) is 0. The fourth-order valence-electron chi connectivity index (χ4n) is 3.19. The zero-order valence-electron chi connectivity index (χ0n) is 15.5. The van der Waals surface area contributed by atoms with Gasteiger partial charge < -0.3 is 15.5 Å². The normalized spacial score (nSPS) is 13.4. The second kappa shape index (κ2) is 8.22. The third kappa shape index (κ3) is 4.48. The molecule has 0 radical (unpaired) electrons. The average Bonchev–Trinajstić information content (AvgIpc) is 3.27. The maximum Gasteiger partial charge on any atom is 0.255 e. The van der Waals surface area contributed by atoms with Crippen LogP contribution in [0, 0.1) is 11.6 Å². The lowest BCUT2D eigenvalue weighted by molar-refractivity contribution is 0.102. The van der Waals surface area contributed by atoms with Gasteiger partial charge in [0.2, 0.25) is 0 Å². The van der Waals surface area contributed by atoms with Crippen molar-refractivity contribution in [3.63, 3.8) is 0 Å². The minimum atomic E-state index is -1.06. The molecule has 6 nitrogen and oxygen atoms in total. The number of aromatic nitrogens is 2. The van der Waals surface area contributed by atoms with Gasteiger partial charge in [0.05, 0.1) is 11.9 Å². The Kier molecular flexibility index (Phi) is 5.33. The molecular weight excluding hydrogens is 376 g/mol. The standard InChI is InChI=1S/C21H19F2N5O/c22-18-8-3-14(11-19(18)23)21(29)26-16-6-4-15(5-7-16)25-20-12-17(13-24-27-20)28-9-1-2-10-28/h3-8,11-13H,1-2,9-10H2,(H,25,27)(H,26,29). The van der Waals surface area contributed by atoms with Gasteiger partial charge in [0.15, 0.2) is 17.5 Å². The van der Waals surface area contributed by atoms with Crippen LogP contribution in [0.15, 0.2) is 54.7 Å². The van der Waals surface area contributed by atoms with Gasteiger partial charge in [0.25, 0.3) is 5.91 Å². The molecule has 1 amide bonds. The molecule has 0 saturated carbocycles. The summed E-state index contributed by atoms with van der Waals surface area (Å²) in [6.07, 6.45) is 4.12. The summed E-state index contributed by atoms with van der Waals surface area (Å²) in [5.74, 6) is -1.94. The lowest BCUT2D eigenvalue weighted by atomic mass is 10.2. The molecule has 29 heavy (non-hydrogen) atoms. The highest BCUT2D eigenvalue weighted by molar-refractivity contribution is 6.04. The third-order valence-corrected chi connectivity index (χ3v) is 4.71. The lowest BCUT2D eigenvalue weighted by Gasteiger charge is -2.17. The van der Waals surface area contributed by atoms with Crippen LogP contribution in [0.1, 0.15) is 23.2 Å². The maximum atomic E-state index is 13.3. The van der Waals surface area contributed by atoms with Gasteiger partial charge in [-0.25, -0.2) is 8.78 Å². The third-order valence-electron chi connectivity index (χ3n) is 4.71. The van der Waals surface area contributed by atoms with Crippen LogP contribution in [0.3, 0.4) is 0 Å². The van der Waals surface area contributed by atoms with E-state index in [1.165, 1.54) is 18.9 Å². The predicted molar refractivity (Wildman–Crippen MR) is 108 cm³/mol. The number of halogens is 2. The zero-order chi connectivity index (χ0) is 20.2. The van der Waals surface area contributed by atoms with Crippen LogP contribution >= 0.6 is 0 Å². The Morgan fingerprint density at radius 1 is 0.931 bits per heavy atom. The highest BCUT2D eigenvalue weighted by Crippen LogP contribution is 2.23. The number of nitrogens with one attached hydrogen (secondary N) is 2. The summed E-state index contributed by atoms with van der Waals surface area (Å²) >= 11 is 0. The molecule has 0 bridgehead atoms. The monoisotopic (exact) mass is 395 g/mol. The van der Waals surface area contributed by atoms with Gasteiger partial charge in [0, 0.05) is 36.1 Å². The van der Waals surface area contributed by atoms with Crippen LogP contribution in [0.5, 0.6) is 0 Å². The number of carbonyl (C=O) groups excluding carboxylic acids is 1. The Morgan fingerprint density at radius 2 is 1.66 bits per heavy atom. The van der Waals surface area contributed by atoms with Crippen LogP contribution in [-0.4, -0.2) is 29.2 Å². The van der Waals surface area contributed by atoms with E-state index in [2.05, 4.69) is 25.7 Å². The van der Waals surface area contributed by atoms with E-state index in [0.717, 1.165) is 36.6 Å². The second-order valence-corrected chi connectivity index (χ2v) is 6.78. The number of amides is 1. The van der Waals surface area contributed by atoms with Crippen LogP contribution in [-0.2, 0) is 0 Å². The molecule has 8 heteroatoms. The number of carbonyl (C=O) groups is 1. The summed E-state index contributed by atoms with van der Waals surface area (Å²) in [5.41, 5.74) is 2.39. The molecule has 1 aliphatic heterocycles. The Hall–Kier alpha value is -3.55. The van der Waals surface area contributed by atoms with Crippen molar-refractivity contribution in [1.82, 2.24) is 10.2 Å². The van der Waals surface area contributed by atoms with E-state index in [0.29, 0.717) is 11.5 Å². The second-order valence-electron chi connectivity index (χ2n) is 6.78. The molecule has 2 aromatic carbocycles. The van der Waals surface area contributed by atoms with E-state index >= 15 is 0 Å². The van der Waals surface area contributed by atoms with Crippen LogP contribution < -0.4 is 15.5 Å². The fraction of sp³-hybridized carbons (Fsp3) is 0.190. The van der Waals surface area contributed by atoms with Gasteiger partial charge in [-0.15, -0.1) is 5.10 Å². The first kappa shape index (κ1) is 18.8. The topological polar surface area (TPSA) is 70.2 Å². The average molecular weight is 395 g/mol. The number of anilines is 4. The van der Waals surface area contributed by atoms with Gasteiger partial charge in [-0.05, 0) is 55.3 Å². The van der Waals surface area contributed by atoms with Gasteiger partial charge in [-0.2, -0.15) is 5.10 Å². The number of nitrogens with zero attached hydrogens (tertiary/aromatic N) is 3. The molecule has 3 aromatic rings. The number of benzene rings is 2. The van der Waals surface area contributed by atoms with Gasteiger partial charge in [0.1, 0.15) is 0 Å². The van der Waals surface area contributed by atoms with E-state index < -0.39 is 17.5 Å². The van der Waals surface area contributed by atoms with Crippen molar-refractivity contribution in [2.24, 2.45) is 0 Å². The fourth-order valence-corrected chi connectivity index (χ4v) is 3.19. The first-order chi connectivity index (χ1) is 14.1. The smallest absolute Gasteiger partial charge is 0.255 e.